The van der Waals surface area contributed by atoms with E-state index in [4.69, 9.17) is 13.9 Å². The Morgan fingerprint density at radius 1 is 1.07 bits per heavy atom. The van der Waals surface area contributed by atoms with E-state index in [9.17, 15) is 9.59 Å². The SMILES string of the molecule is CCNCCNC(=O)c1cc(OC)c(OC)cc1NC(=O)c1ccco1.Cl. The summed E-state index contributed by atoms with van der Waals surface area (Å²) in [5.41, 5.74) is 0.559. The van der Waals surface area contributed by atoms with Crippen LogP contribution in [0.3, 0.4) is 0 Å². The van der Waals surface area contributed by atoms with Crippen LogP contribution in [0, 0.1) is 0 Å². The lowest BCUT2D eigenvalue weighted by Gasteiger charge is -2.15. The van der Waals surface area contributed by atoms with Gasteiger partial charge in [-0.2, -0.15) is 0 Å². The summed E-state index contributed by atoms with van der Waals surface area (Å²) < 4.78 is 15.6. The number of carbonyl (C=O) groups is 2. The van der Waals surface area contributed by atoms with Gasteiger partial charge in [0.25, 0.3) is 11.8 Å². The van der Waals surface area contributed by atoms with Crippen LogP contribution in [0.25, 0.3) is 0 Å². The second-order valence-electron chi connectivity index (χ2n) is 5.29. The van der Waals surface area contributed by atoms with Crippen LogP contribution in [-0.2, 0) is 0 Å². The Labute approximate surface area is 164 Å². The third kappa shape index (κ3) is 5.90. The van der Waals surface area contributed by atoms with Crippen molar-refractivity contribution in [1.29, 1.82) is 0 Å². The molecule has 27 heavy (non-hydrogen) atoms. The first kappa shape index (κ1) is 22.3. The molecule has 0 saturated carbocycles. The van der Waals surface area contributed by atoms with Crippen LogP contribution < -0.4 is 25.4 Å². The molecule has 0 fully saturated rings. The van der Waals surface area contributed by atoms with Crippen molar-refractivity contribution in [3.63, 3.8) is 0 Å². The summed E-state index contributed by atoms with van der Waals surface area (Å²) in [6.07, 6.45) is 1.40. The van der Waals surface area contributed by atoms with Gasteiger partial charge in [-0.3, -0.25) is 9.59 Å². The van der Waals surface area contributed by atoms with Crippen LogP contribution in [0.2, 0.25) is 0 Å². The number of hydrogen-bond acceptors (Lipinski definition) is 6. The van der Waals surface area contributed by atoms with Gasteiger partial charge in [-0.25, -0.2) is 0 Å². The average Bonchev–Trinajstić information content (AvgIpc) is 3.19. The number of hydrogen-bond donors (Lipinski definition) is 3. The van der Waals surface area contributed by atoms with E-state index in [0.717, 1.165) is 6.54 Å². The molecule has 2 amide bonds. The van der Waals surface area contributed by atoms with Crippen molar-refractivity contribution in [3.8, 4) is 11.5 Å². The Morgan fingerprint density at radius 2 is 1.78 bits per heavy atom. The van der Waals surface area contributed by atoms with Gasteiger partial charge in [0.15, 0.2) is 17.3 Å². The number of halogens is 1. The van der Waals surface area contributed by atoms with Gasteiger partial charge in [0.2, 0.25) is 0 Å². The number of ether oxygens (including phenoxy) is 2. The first-order valence-corrected chi connectivity index (χ1v) is 8.20. The molecular weight excluding hydrogens is 374 g/mol. The molecule has 8 nitrogen and oxygen atoms in total. The van der Waals surface area contributed by atoms with Crippen LogP contribution in [0.5, 0.6) is 11.5 Å². The van der Waals surface area contributed by atoms with Crippen molar-refractivity contribution in [1.82, 2.24) is 10.6 Å². The Morgan fingerprint density at radius 3 is 2.37 bits per heavy atom. The van der Waals surface area contributed by atoms with Crippen LogP contribution in [0.1, 0.15) is 27.8 Å². The number of nitrogens with one attached hydrogen (secondary N) is 3. The molecular formula is C18H24ClN3O5. The molecule has 2 aromatic rings. The van der Waals surface area contributed by atoms with Gasteiger partial charge in [-0.15, -0.1) is 12.4 Å². The summed E-state index contributed by atoms with van der Waals surface area (Å²) >= 11 is 0. The van der Waals surface area contributed by atoms with Crippen molar-refractivity contribution >= 4 is 29.9 Å². The van der Waals surface area contributed by atoms with Crippen LogP contribution >= 0.6 is 12.4 Å². The molecule has 1 aromatic heterocycles. The maximum absolute atomic E-state index is 12.6. The van der Waals surface area contributed by atoms with Crippen molar-refractivity contribution in [3.05, 3.63) is 41.9 Å². The second kappa shape index (κ2) is 11.1. The minimum Gasteiger partial charge on any atom is -0.493 e. The number of amides is 2. The van der Waals surface area contributed by atoms with E-state index in [1.54, 1.807) is 12.1 Å². The second-order valence-corrected chi connectivity index (χ2v) is 5.29. The van der Waals surface area contributed by atoms with Gasteiger partial charge in [0, 0.05) is 19.2 Å². The quantitative estimate of drug-likeness (QED) is 0.561. The maximum Gasteiger partial charge on any atom is 0.291 e. The van der Waals surface area contributed by atoms with Crippen molar-refractivity contribution < 1.29 is 23.5 Å². The highest BCUT2D eigenvalue weighted by molar-refractivity contribution is 6.08. The molecule has 0 aliphatic carbocycles. The molecule has 0 aliphatic rings. The smallest absolute Gasteiger partial charge is 0.291 e. The highest BCUT2D eigenvalue weighted by Crippen LogP contribution is 2.33. The average molecular weight is 398 g/mol. The van der Waals surface area contributed by atoms with Gasteiger partial charge in [0.1, 0.15) is 0 Å². The minimum absolute atomic E-state index is 0. The predicted octanol–water partition coefficient (Wildman–Crippen LogP) is 2.31. The topological polar surface area (TPSA) is 102 Å². The Kier molecular flexibility index (Phi) is 9.18. The Hall–Kier alpha value is -2.71. The highest BCUT2D eigenvalue weighted by atomic mass is 35.5. The first-order valence-electron chi connectivity index (χ1n) is 8.20. The summed E-state index contributed by atoms with van der Waals surface area (Å²) in [5.74, 6) is 0.118. The molecule has 0 bridgehead atoms. The lowest BCUT2D eigenvalue weighted by atomic mass is 10.1. The van der Waals surface area contributed by atoms with E-state index < -0.39 is 5.91 Å². The molecule has 0 atom stereocenters. The highest BCUT2D eigenvalue weighted by Gasteiger charge is 2.19. The summed E-state index contributed by atoms with van der Waals surface area (Å²) in [6, 6.07) is 6.21. The first-order chi connectivity index (χ1) is 12.6. The minimum atomic E-state index is -0.469. The van der Waals surface area contributed by atoms with E-state index in [-0.39, 0.29) is 29.6 Å². The lowest BCUT2D eigenvalue weighted by Crippen LogP contribution is -2.32. The summed E-state index contributed by atoms with van der Waals surface area (Å²) in [7, 11) is 2.96. The molecule has 0 spiro atoms. The molecule has 0 saturated heterocycles. The fourth-order valence-electron chi connectivity index (χ4n) is 2.30. The molecule has 1 aromatic carbocycles. The largest absolute Gasteiger partial charge is 0.493 e. The Bertz CT molecular complexity index is 750. The number of carbonyl (C=O) groups excluding carboxylic acids is 2. The van der Waals surface area contributed by atoms with Gasteiger partial charge >= 0.3 is 0 Å². The monoisotopic (exact) mass is 397 g/mol. The fraction of sp³-hybridized carbons (Fsp3) is 0.333. The van der Waals surface area contributed by atoms with Crippen LogP contribution in [0.4, 0.5) is 5.69 Å². The fourth-order valence-corrected chi connectivity index (χ4v) is 2.30. The van der Waals surface area contributed by atoms with E-state index in [1.807, 2.05) is 6.92 Å². The number of methoxy groups -OCH3 is 2. The van der Waals surface area contributed by atoms with E-state index in [0.29, 0.717) is 30.3 Å². The van der Waals surface area contributed by atoms with Crippen LogP contribution in [0.15, 0.2) is 34.9 Å². The van der Waals surface area contributed by atoms with E-state index >= 15 is 0 Å². The zero-order valence-electron chi connectivity index (χ0n) is 15.5. The molecule has 3 N–H and O–H groups in total. The molecule has 0 radical (unpaired) electrons. The summed E-state index contributed by atoms with van der Waals surface area (Å²) in [6.45, 7) is 3.89. The maximum atomic E-state index is 12.6. The third-order valence-corrected chi connectivity index (χ3v) is 3.60. The van der Waals surface area contributed by atoms with Gasteiger partial charge in [0.05, 0.1) is 31.7 Å². The van der Waals surface area contributed by atoms with Crippen molar-refractivity contribution in [2.24, 2.45) is 0 Å². The zero-order valence-corrected chi connectivity index (χ0v) is 16.3. The van der Waals surface area contributed by atoms with Crippen molar-refractivity contribution in [2.75, 3.05) is 39.2 Å². The summed E-state index contributed by atoms with van der Waals surface area (Å²) in [5, 5.41) is 8.59. The molecule has 148 valence electrons. The zero-order chi connectivity index (χ0) is 18.9. The molecule has 9 heteroatoms. The number of benzene rings is 1. The molecule has 2 rings (SSSR count). The van der Waals surface area contributed by atoms with Gasteiger partial charge in [-0.05, 0) is 24.7 Å². The van der Waals surface area contributed by atoms with Crippen LogP contribution in [-0.4, -0.2) is 45.7 Å². The van der Waals surface area contributed by atoms with Gasteiger partial charge < -0.3 is 29.8 Å². The normalized spacial score (nSPS) is 9.89. The van der Waals surface area contributed by atoms with Gasteiger partial charge in [-0.1, -0.05) is 6.92 Å². The Balaban J connectivity index is 0.00000364. The number of furan rings is 1. The standard InChI is InChI=1S/C18H23N3O5.ClH/c1-4-19-7-8-20-17(22)12-10-15(24-2)16(25-3)11-13(12)21-18(23)14-6-5-9-26-14;/h5-6,9-11,19H,4,7-8H2,1-3H3,(H,20,22)(H,21,23);1H. The number of likely N-dealkylation sites (N-methyl/N-ethyl adjacent to an activating group) is 1. The number of rotatable bonds is 9. The summed E-state index contributed by atoms with van der Waals surface area (Å²) in [4.78, 5) is 24.8. The predicted molar refractivity (Wildman–Crippen MR) is 104 cm³/mol. The van der Waals surface area contributed by atoms with Crippen molar-refractivity contribution in [2.45, 2.75) is 6.92 Å². The molecule has 1 heterocycles. The van der Waals surface area contributed by atoms with E-state index in [2.05, 4.69) is 16.0 Å². The third-order valence-electron chi connectivity index (χ3n) is 3.60. The molecule has 0 unspecified atom stereocenters. The lowest BCUT2D eigenvalue weighted by molar-refractivity contribution is 0.0954. The van der Waals surface area contributed by atoms with E-state index in [1.165, 1.54) is 32.6 Å². The molecule has 0 aliphatic heterocycles. The number of anilines is 1.